The van der Waals surface area contributed by atoms with Gasteiger partial charge in [0.15, 0.2) is 11.5 Å². The number of nitrogens with one attached hydrogen (secondary N) is 1. The van der Waals surface area contributed by atoms with E-state index in [4.69, 9.17) is 9.47 Å². The second-order valence-electron chi connectivity index (χ2n) is 7.43. The minimum atomic E-state index is -0.299. The molecule has 3 aliphatic rings. The van der Waals surface area contributed by atoms with Crippen molar-refractivity contribution in [3.05, 3.63) is 53.1 Å². The third-order valence-electron chi connectivity index (χ3n) is 5.84. The number of hydrogen-bond acceptors (Lipinski definition) is 4. The molecule has 5 heteroatoms. The number of phenolic OH excluding ortho intramolecular Hbond substituents is 1. The Morgan fingerprint density at radius 3 is 2.85 bits per heavy atom. The zero-order chi connectivity index (χ0) is 17.7. The quantitative estimate of drug-likeness (QED) is 0.890. The molecule has 5 nitrogen and oxygen atoms in total. The molecule has 2 N–H and O–H groups in total. The van der Waals surface area contributed by atoms with Crippen molar-refractivity contribution in [1.82, 2.24) is 5.32 Å². The molecule has 1 amide bonds. The fourth-order valence-corrected chi connectivity index (χ4v) is 4.23. The number of phenols is 1. The molecule has 5 rings (SSSR count). The van der Waals surface area contributed by atoms with E-state index in [0.717, 1.165) is 60.3 Å². The number of rotatable bonds is 3. The first-order chi connectivity index (χ1) is 12.7. The lowest BCUT2D eigenvalue weighted by atomic mass is 9.81. The van der Waals surface area contributed by atoms with Gasteiger partial charge in [0.1, 0.15) is 5.75 Å². The average Bonchev–Trinajstić information content (AvgIpc) is 3.28. The summed E-state index contributed by atoms with van der Waals surface area (Å²) in [5.41, 5.74) is 2.66. The second kappa shape index (κ2) is 5.66. The van der Waals surface area contributed by atoms with Crippen LogP contribution in [0.1, 0.15) is 48.3 Å². The molecule has 2 aliphatic carbocycles. The number of carbonyl (C=O) groups is 1. The van der Waals surface area contributed by atoms with E-state index in [-0.39, 0.29) is 24.2 Å². The molecule has 26 heavy (non-hydrogen) atoms. The highest BCUT2D eigenvalue weighted by molar-refractivity contribution is 5.86. The number of fused-ring (bicyclic) bond motifs is 2. The Bertz CT molecular complexity index is 888. The van der Waals surface area contributed by atoms with E-state index in [1.807, 2.05) is 30.3 Å². The Kier molecular flexibility index (Phi) is 3.39. The molecule has 1 atom stereocenters. The van der Waals surface area contributed by atoms with E-state index < -0.39 is 0 Å². The van der Waals surface area contributed by atoms with Gasteiger partial charge in [-0.15, -0.1) is 0 Å². The molecule has 1 aliphatic heterocycles. The normalized spacial score (nSPS) is 21.8. The van der Waals surface area contributed by atoms with E-state index in [9.17, 15) is 9.90 Å². The van der Waals surface area contributed by atoms with Crippen LogP contribution >= 0.6 is 0 Å². The van der Waals surface area contributed by atoms with Crippen LogP contribution < -0.4 is 14.8 Å². The maximum absolute atomic E-state index is 13.1. The van der Waals surface area contributed by atoms with Gasteiger partial charge in [-0.1, -0.05) is 18.2 Å². The van der Waals surface area contributed by atoms with Gasteiger partial charge in [0.05, 0.1) is 11.5 Å². The average molecular weight is 351 g/mol. The number of amides is 1. The monoisotopic (exact) mass is 351 g/mol. The van der Waals surface area contributed by atoms with Gasteiger partial charge in [-0.25, -0.2) is 0 Å². The zero-order valence-electron chi connectivity index (χ0n) is 14.5. The van der Waals surface area contributed by atoms with Gasteiger partial charge in [0.25, 0.3) is 0 Å². The van der Waals surface area contributed by atoms with Gasteiger partial charge in [0.2, 0.25) is 12.7 Å². The highest BCUT2D eigenvalue weighted by Crippen LogP contribution is 2.49. The lowest BCUT2D eigenvalue weighted by Gasteiger charge is -2.28. The summed E-state index contributed by atoms with van der Waals surface area (Å²) in [7, 11) is 0. The maximum Gasteiger partial charge on any atom is 0.231 e. The summed E-state index contributed by atoms with van der Waals surface area (Å²) >= 11 is 0. The van der Waals surface area contributed by atoms with Crippen LogP contribution in [0, 0.1) is 0 Å². The summed E-state index contributed by atoms with van der Waals surface area (Å²) in [6.45, 7) is 0.250. The standard InChI is InChI=1S/C21H21NO4/c23-17-6-2-3-14-15(17)4-1-5-16(14)20(24)22-21(9-10-21)13-7-8-18-19(11-13)26-12-25-18/h2-3,6-8,11,16,23H,1,4-5,9-10,12H2,(H,22,24). The Morgan fingerprint density at radius 2 is 2.00 bits per heavy atom. The minimum Gasteiger partial charge on any atom is -0.508 e. The summed E-state index contributed by atoms with van der Waals surface area (Å²) in [5, 5.41) is 13.4. The summed E-state index contributed by atoms with van der Waals surface area (Å²) in [4.78, 5) is 13.1. The lowest BCUT2D eigenvalue weighted by molar-refractivity contribution is -0.124. The molecule has 2 aromatic carbocycles. The number of hydrogen-bond donors (Lipinski definition) is 2. The summed E-state index contributed by atoms with van der Waals surface area (Å²) < 4.78 is 10.9. The molecular formula is C21H21NO4. The van der Waals surface area contributed by atoms with Crippen molar-refractivity contribution in [1.29, 1.82) is 0 Å². The lowest BCUT2D eigenvalue weighted by Crippen LogP contribution is -2.39. The predicted octanol–water partition coefficient (Wildman–Crippen LogP) is 3.35. The Morgan fingerprint density at radius 1 is 1.15 bits per heavy atom. The van der Waals surface area contributed by atoms with Crippen LogP contribution in [0.4, 0.5) is 0 Å². The van der Waals surface area contributed by atoms with Crippen LogP contribution in [0.5, 0.6) is 17.2 Å². The fourth-order valence-electron chi connectivity index (χ4n) is 4.23. The smallest absolute Gasteiger partial charge is 0.231 e. The van der Waals surface area contributed by atoms with Gasteiger partial charge >= 0.3 is 0 Å². The molecule has 0 saturated heterocycles. The first-order valence-electron chi connectivity index (χ1n) is 9.19. The molecule has 0 radical (unpaired) electrons. The zero-order valence-corrected chi connectivity index (χ0v) is 14.5. The van der Waals surface area contributed by atoms with Crippen LogP contribution in [0.25, 0.3) is 0 Å². The largest absolute Gasteiger partial charge is 0.508 e. The van der Waals surface area contributed by atoms with E-state index in [0.29, 0.717) is 5.75 Å². The fraction of sp³-hybridized carbons (Fsp3) is 0.381. The highest BCUT2D eigenvalue weighted by atomic mass is 16.7. The van der Waals surface area contributed by atoms with Crippen molar-refractivity contribution in [3.8, 4) is 17.2 Å². The number of aromatic hydroxyl groups is 1. The topological polar surface area (TPSA) is 67.8 Å². The first-order valence-corrected chi connectivity index (χ1v) is 9.19. The van der Waals surface area contributed by atoms with Gasteiger partial charge < -0.3 is 19.9 Å². The van der Waals surface area contributed by atoms with Crippen molar-refractivity contribution >= 4 is 5.91 Å². The van der Waals surface area contributed by atoms with E-state index >= 15 is 0 Å². The predicted molar refractivity (Wildman–Crippen MR) is 95.4 cm³/mol. The van der Waals surface area contributed by atoms with Crippen molar-refractivity contribution in [2.45, 2.75) is 43.6 Å². The van der Waals surface area contributed by atoms with Gasteiger partial charge in [-0.2, -0.15) is 0 Å². The third kappa shape index (κ3) is 2.42. The maximum atomic E-state index is 13.1. The van der Waals surface area contributed by atoms with Gasteiger partial charge in [-0.3, -0.25) is 4.79 Å². The molecule has 1 heterocycles. The van der Waals surface area contributed by atoms with Crippen molar-refractivity contribution in [2.75, 3.05) is 6.79 Å². The molecule has 134 valence electrons. The summed E-state index contributed by atoms with van der Waals surface area (Å²) in [6.07, 6.45) is 4.42. The number of carbonyl (C=O) groups excluding carboxylic acids is 1. The molecule has 0 bridgehead atoms. The molecule has 0 spiro atoms. The molecule has 1 saturated carbocycles. The third-order valence-corrected chi connectivity index (χ3v) is 5.84. The van der Waals surface area contributed by atoms with Gasteiger partial charge in [0, 0.05) is 0 Å². The molecule has 0 aromatic heterocycles. The highest BCUT2D eigenvalue weighted by Gasteiger charge is 2.47. The minimum absolute atomic E-state index is 0.0479. The van der Waals surface area contributed by atoms with Crippen molar-refractivity contribution < 1.29 is 19.4 Å². The van der Waals surface area contributed by atoms with E-state index in [2.05, 4.69) is 5.32 Å². The number of benzene rings is 2. The van der Waals surface area contributed by atoms with Crippen LogP contribution in [0.15, 0.2) is 36.4 Å². The summed E-state index contributed by atoms with van der Waals surface area (Å²) in [6, 6.07) is 11.4. The van der Waals surface area contributed by atoms with Gasteiger partial charge in [-0.05, 0) is 67.0 Å². The molecule has 2 aromatic rings. The molecular weight excluding hydrogens is 330 g/mol. The van der Waals surface area contributed by atoms with Crippen LogP contribution in [0.2, 0.25) is 0 Å². The Balaban J connectivity index is 1.40. The van der Waals surface area contributed by atoms with Crippen molar-refractivity contribution in [3.63, 3.8) is 0 Å². The Hall–Kier alpha value is -2.69. The molecule has 1 fully saturated rings. The van der Waals surface area contributed by atoms with Crippen LogP contribution in [-0.4, -0.2) is 17.8 Å². The first kappa shape index (κ1) is 15.6. The van der Waals surface area contributed by atoms with E-state index in [1.165, 1.54) is 0 Å². The number of ether oxygens (including phenoxy) is 2. The van der Waals surface area contributed by atoms with Crippen LogP contribution in [0.3, 0.4) is 0 Å². The summed E-state index contributed by atoms with van der Waals surface area (Å²) in [5.74, 6) is 1.66. The SMILES string of the molecule is O=C(NC1(c2ccc3c(c2)OCO3)CC1)C1CCCc2c(O)cccc21. The van der Waals surface area contributed by atoms with Crippen molar-refractivity contribution in [2.24, 2.45) is 0 Å². The van der Waals surface area contributed by atoms with E-state index in [1.54, 1.807) is 6.07 Å². The Labute approximate surface area is 151 Å². The second-order valence-corrected chi connectivity index (χ2v) is 7.43. The van der Waals surface area contributed by atoms with Crippen LogP contribution in [-0.2, 0) is 16.8 Å². The molecule has 1 unspecified atom stereocenters.